The molecule has 1 aliphatic rings. The monoisotopic (exact) mass is 364 g/mol. The van der Waals surface area contributed by atoms with Gasteiger partial charge in [-0.1, -0.05) is 21.1 Å². The predicted molar refractivity (Wildman–Crippen MR) is 84.7 cm³/mol. The molecule has 0 unspecified atom stereocenters. The molecule has 22 heavy (non-hydrogen) atoms. The normalized spacial score (nSPS) is 14.0. The van der Waals surface area contributed by atoms with E-state index in [1.165, 1.54) is 12.8 Å². The number of carbonyl (C=O) groups excluding carboxylic acids is 1. The Bertz CT molecular complexity index is 660. The van der Waals surface area contributed by atoms with Gasteiger partial charge in [0.2, 0.25) is 5.91 Å². The molecule has 3 rings (SSSR count). The average molecular weight is 365 g/mol. The van der Waals surface area contributed by atoms with E-state index in [1.54, 1.807) is 12.1 Å². The fourth-order valence-corrected chi connectivity index (χ4v) is 2.85. The molecule has 0 aliphatic heterocycles. The van der Waals surface area contributed by atoms with E-state index in [0.717, 1.165) is 21.5 Å². The largest absolute Gasteiger partial charge is 0.508 e. The summed E-state index contributed by atoms with van der Waals surface area (Å²) in [7, 11) is 0. The molecule has 6 heteroatoms. The number of hydrogen-bond donors (Lipinski definition) is 2. The molecule has 0 radical (unpaired) electrons. The highest BCUT2D eigenvalue weighted by molar-refractivity contribution is 9.10. The molecule has 0 atom stereocenters. The number of phenolic OH excluding ortho intramolecular Hbond substituents is 1. The third kappa shape index (κ3) is 4.10. The lowest BCUT2D eigenvalue weighted by Gasteiger charge is -2.05. The Morgan fingerprint density at radius 3 is 2.91 bits per heavy atom. The van der Waals surface area contributed by atoms with Crippen LogP contribution in [-0.4, -0.2) is 22.7 Å². The molecule has 1 amide bonds. The van der Waals surface area contributed by atoms with Gasteiger partial charge in [0, 0.05) is 29.4 Å². The maximum atomic E-state index is 11.9. The minimum Gasteiger partial charge on any atom is -0.508 e. The van der Waals surface area contributed by atoms with Crippen molar-refractivity contribution in [3.63, 3.8) is 0 Å². The number of aromatic hydroxyl groups is 1. The standard InChI is InChI=1S/C16H17BrN2O3/c17-12-5-10(6-14(20)8-12)7-16(21)18-4-3-13-9-15(22-19-13)11-1-2-11/h5-6,8-9,11,20H,1-4,7H2,(H,18,21). The van der Waals surface area contributed by atoms with Gasteiger partial charge in [0.25, 0.3) is 0 Å². The first-order valence-electron chi connectivity index (χ1n) is 7.31. The van der Waals surface area contributed by atoms with Crippen LogP contribution in [0.2, 0.25) is 0 Å². The van der Waals surface area contributed by atoms with E-state index in [0.29, 0.717) is 18.9 Å². The van der Waals surface area contributed by atoms with Gasteiger partial charge in [0.1, 0.15) is 11.5 Å². The highest BCUT2D eigenvalue weighted by Gasteiger charge is 2.27. The van der Waals surface area contributed by atoms with Crippen molar-refractivity contribution >= 4 is 21.8 Å². The maximum absolute atomic E-state index is 11.9. The van der Waals surface area contributed by atoms with Gasteiger partial charge in [-0.25, -0.2) is 0 Å². The van der Waals surface area contributed by atoms with E-state index in [2.05, 4.69) is 26.4 Å². The quantitative estimate of drug-likeness (QED) is 0.826. The molecular weight excluding hydrogens is 348 g/mol. The summed E-state index contributed by atoms with van der Waals surface area (Å²) >= 11 is 3.29. The Morgan fingerprint density at radius 1 is 1.36 bits per heavy atom. The highest BCUT2D eigenvalue weighted by atomic mass is 79.9. The lowest BCUT2D eigenvalue weighted by Crippen LogP contribution is -2.27. The molecule has 1 aromatic heterocycles. The van der Waals surface area contributed by atoms with Crippen molar-refractivity contribution in [1.29, 1.82) is 0 Å². The average Bonchev–Trinajstić information content (AvgIpc) is 3.18. The number of carbonyl (C=O) groups is 1. The summed E-state index contributed by atoms with van der Waals surface area (Å²) in [4.78, 5) is 11.9. The van der Waals surface area contributed by atoms with E-state index in [-0.39, 0.29) is 18.1 Å². The Hall–Kier alpha value is -1.82. The molecular formula is C16H17BrN2O3. The van der Waals surface area contributed by atoms with E-state index in [4.69, 9.17) is 4.52 Å². The van der Waals surface area contributed by atoms with Crippen molar-refractivity contribution in [2.45, 2.75) is 31.6 Å². The summed E-state index contributed by atoms with van der Waals surface area (Å²) < 4.78 is 6.03. The molecule has 1 saturated carbocycles. The second-order valence-corrected chi connectivity index (χ2v) is 6.50. The van der Waals surface area contributed by atoms with Crippen LogP contribution in [0.4, 0.5) is 0 Å². The molecule has 0 saturated heterocycles. The van der Waals surface area contributed by atoms with Crippen molar-refractivity contribution in [2.75, 3.05) is 6.54 Å². The first-order chi connectivity index (χ1) is 10.6. The first kappa shape index (κ1) is 15.1. The van der Waals surface area contributed by atoms with Gasteiger partial charge < -0.3 is 14.9 Å². The Balaban J connectivity index is 1.45. The predicted octanol–water partition coefficient (Wildman–Crippen LogP) is 2.92. The minimum absolute atomic E-state index is 0.0802. The zero-order chi connectivity index (χ0) is 15.5. The van der Waals surface area contributed by atoms with Crippen LogP contribution in [0.1, 0.15) is 35.8 Å². The molecule has 1 heterocycles. The molecule has 1 aliphatic carbocycles. The third-order valence-corrected chi connectivity index (χ3v) is 4.03. The van der Waals surface area contributed by atoms with Crippen molar-refractivity contribution in [3.8, 4) is 5.75 Å². The molecule has 0 spiro atoms. The molecule has 2 aromatic rings. The van der Waals surface area contributed by atoms with E-state index in [9.17, 15) is 9.90 Å². The zero-order valence-corrected chi connectivity index (χ0v) is 13.6. The fourth-order valence-electron chi connectivity index (χ4n) is 2.32. The lowest BCUT2D eigenvalue weighted by molar-refractivity contribution is -0.120. The molecule has 116 valence electrons. The maximum Gasteiger partial charge on any atom is 0.224 e. The topological polar surface area (TPSA) is 75.4 Å². The fraction of sp³-hybridized carbons (Fsp3) is 0.375. The van der Waals surface area contributed by atoms with Gasteiger partial charge in [-0.2, -0.15) is 0 Å². The number of nitrogens with one attached hydrogen (secondary N) is 1. The third-order valence-electron chi connectivity index (χ3n) is 3.57. The molecule has 1 fully saturated rings. The zero-order valence-electron chi connectivity index (χ0n) is 12.0. The van der Waals surface area contributed by atoms with Crippen molar-refractivity contribution in [3.05, 3.63) is 45.8 Å². The van der Waals surface area contributed by atoms with Gasteiger partial charge in [0.05, 0.1) is 12.1 Å². The van der Waals surface area contributed by atoms with Gasteiger partial charge in [-0.05, 0) is 36.6 Å². The first-order valence-corrected chi connectivity index (χ1v) is 8.10. The van der Waals surface area contributed by atoms with Crippen LogP contribution >= 0.6 is 15.9 Å². The number of benzene rings is 1. The second-order valence-electron chi connectivity index (χ2n) is 5.59. The van der Waals surface area contributed by atoms with Crippen molar-refractivity contribution in [2.24, 2.45) is 0 Å². The number of rotatable bonds is 6. The summed E-state index contributed by atoms with van der Waals surface area (Å²) in [6.07, 6.45) is 3.26. The number of phenols is 1. The summed E-state index contributed by atoms with van der Waals surface area (Å²) in [5.41, 5.74) is 1.64. The smallest absolute Gasteiger partial charge is 0.224 e. The number of nitrogens with zero attached hydrogens (tertiary/aromatic N) is 1. The number of amides is 1. The minimum atomic E-state index is -0.0802. The Morgan fingerprint density at radius 2 is 2.18 bits per heavy atom. The summed E-state index contributed by atoms with van der Waals surface area (Å²) in [5.74, 6) is 1.58. The molecule has 5 nitrogen and oxygen atoms in total. The van der Waals surface area contributed by atoms with Crippen LogP contribution in [0.15, 0.2) is 33.3 Å². The molecule has 2 N–H and O–H groups in total. The van der Waals surface area contributed by atoms with Crippen LogP contribution in [0, 0.1) is 0 Å². The van der Waals surface area contributed by atoms with Gasteiger partial charge in [-0.15, -0.1) is 0 Å². The number of halogens is 1. The van der Waals surface area contributed by atoms with Gasteiger partial charge in [0.15, 0.2) is 0 Å². The number of hydrogen-bond acceptors (Lipinski definition) is 4. The van der Waals surface area contributed by atoms with E-state index < -0.39 is 0 Å². The van der Waals surface area contributed by atoms with Crippen molar-refractivity contribution in [1.82, 2.24) is 10.5 Å². The van der Waals surface area contributed by atoms with Crippen LogP contribution < -0.4 is 5.32 Å². The molecule has 1 aromatic carbocycles. The van der Waals surface area contributed by atoms with Crippen LogP contribution in [-0.2, 0) is 17.6 Å². The second kappa shape index (κ2) is 6.52. The summed E-state index contributed by atoms with van der Waals surface area (Å²) in [6.45, 7) is 0.523. The summed E-state index contributed by atoms with van der Waals surface area (Å²) in [5, 5.41) is 16.4. The van der Waals surface area contributed by atoms with Crippen LogP contribution in [0.3, 0.4) is 0 Å². The van der Waals surface area contributed by atoms with Crippen molar-refractivity contribution < 1.29 is 14.4 Å². The van der Waals surface area contributed by atoms with Gasteiger partial charge in [-0.3, -0.25) is 4.79 Å². The van der Waals surface area contributed by atoms with Crippen LogP contribution in [0.25, 0.3) is 0 Å². The Kier molecular flexibility index (Phi) is 4.47. The lowest BCUT2D eigenvalue weighted by atomic mass is 10.1. The molecule has 0 bridgehead atoms. The summed E-state index contributed by atoms with van der Waals surface area (Å²) in [6, 6.07) is 6.97. The highest BCUT2D eigenvalue weighted by Crippen LogP contribution is 2.40. The van der Waals surface area contributed by atoms with E-state index in [1.807, 2.05) is 12.1 Å². The van der Waals surface area contributed by atoms with Gasteiger partial charge >= 0.3 is 0 Å². The number of aromatic nitrogens is 1. The van der Waals surface area contributed by atoms with E-state index >= 15 is 0 Å². The SMILES string of the molecule is O=C(Cc1cc(O)cc(Br)c1)NCCc1cc(C2CC2)on1. The van der Waals surface area contributed by atoms with Crippen LogP contribution in [0.5, 0.6) is 5.75 Å². The Labute approximate surface area is 136 Å².